The molecule has 2 N–H and O–H groups in total. The minimum absolute atomic E-state index is 0.128. The van der Waals surface area contributed by atoms with Crippen LogP contribution in [-0.2, 0) is 18.4 Å². The van der Waals surface area contributed by atoms with Gasteiger partial charge in [0.2, 0.25) is 0 Å². The number of rotatable bonds is 5. The standard InChI is InChI=1S/C25H30N8O2/c1-17(2)32-10-9-31(25(34)35-16-18-7-5-4-6-8-18)15-22(32)21-11-23(26)33-24(29-21)20(13-28-33)19-12-27-30(3)14-19/h4-8,11-14,17,22H,9-10,15-16,26H2,1-3H3. The van der Waals surface area contributed by atoms with E-state index in [4.69, 9.17) is 15.5 Å². The van der Waals surface area contributed by atoms with Crippen LogP contribution in [0.25, 0.3) is 16.8 Å². The molecule has 1 aromatic carbocycles. The van der Waals surface area contributed by atoms with Crippen LogP contribution in [0.4, 0.5) is 10.6 Å². The number of carbonyl (C=O) groups excluding carboxylic acids is 1. The van der Waals surface area contributed by atoms with Crippen LogP contribution in [0.2, 0.25) is 0 Å². The van der Waals surface area contributed by atoms with E-state index in [0.717, 1.165) is 22.4 Å². The number of anilines is 1. The average Bonchev–Trinajstić information content (AvgIpc) is 3.49. The summed E-state index contributed by atoms with van der Waals surface area (Å²) in [4.78, 5) is 22.0. The molecule has 1 fully saturated rings. The van der Waals surface area contributed by atoms with Gasteiger partial charge >= 0.3 is 6.09 Å². The van der Waals surface area contributed by atoms with Gasteiger partial charge in [0.05, 0.1) is 24.1 Å². The summed E-state index contributed by atoms with van der Waals surface area (Å²) in [5.41, 5.74) is 10.6. The summed E-state index contributed by atoms with van der Waals surface area (Å²) >= 11 is 0. The third kappa shape index (κ3) is 4.57. The monoisotopic (exact) mass is 474 g/mol. The maximum atomic E-state index is 12.9. The molecule has 10 heteroatoms. The number of nitrogens with two attached hydrogens (primary N) is 1. The highest BCUT2D eigenvalue weighted by atomic mass is 16.6. The number of benzene rings is 1. The molecule has 0 bridgehead atoms. The topological polar surface area (TPSA) is 107 Å². The van der Waals surface area contributed by atoms with Crippen molar-refractivity contribution >= 4 is 17.6 Å². The molecule has 4 heterocycles. The first-order valence-corrected chi connectivity index (χ1v) is 11.7. The molecule has 0 saturated carbocycles. The molecule has 1 unspecified atom stereocenters. The lowest BCUT2D eigenvalue weighted by molar-refractivity contribution is 0.0324. The van der Waals surface area contributed by atoms with Crippen molar-refractivity contribution in [2.24, 2.45) is 7.05 Å². The van der Waals surface area contributed by atoms with Crippen LogP contribution in [0.3, 0.4) is 0 Å². The fraction of sp³-hybridized carbons (Fsp3) is 0.360. The van der Waals surface area contributed by atoms with E-state index in [0.29, 0.717) is 31.1 Å². The Hall–Kier alpha value is -3.92. The number of ether oxygens (including phenoxy) is 1. The van der Waals surface area contributed by atoms with Gasteiger partial charge in [-0.2, -0.15) is 14.7 Å². The summed E-state index contributed by atoms with van der Waals surface area (Å²) in [5, 5.41) is 8.71. The highest BCUT2D eigenvalue weighted by Gasteiger charge is 2.34. The van der Waals surface area contributed by atoms with Crippen molar-refractivity contribution in [3.8, 4) is 11.1 Å². The molecule has 3 aromatic heterocycles. The zero-order valence-corrected chi connectivity index (χ0v) is 20.2. The quantitative estimate of drug-likeness (QED) is 0.474. The fourth-order valence-electron chi connectivity index (χ4n) is 4.60. The third-order valence-corrected chi connectivity index (χ3v) is 6.42. The summed E-state index contributed by atoms with van der Waals surface area (Å²) < 4.78 is 8.99. The van der Waals surface area contributed by atoms with Crippen LogP contribution >= 0.6 is 0 Å². The van der Waals surface area contributed by atoms with Crippen LogP contribution in [0, 0.1) is 0 Å². The van der Waals surface area contributed by atoms with Crippen molar-refractivity contribution in [1.29, 1.82) is 0 Å². The Morgan fingerprint density at radius 3 is 2.69 bits per heavy atom. The van der Waals surface area contributed by atoms with Gasteiger partial charge in [0.15, 0.2) is 5.65 Å². The highest BCUT2D eigenvalue weighted by molar-refractivity contribution is 5.77. The van der Waals surface area contributed by atoms with Gasteiger partial charge in [0, 0.05) is 56.1 Å². The van der Waals surface area contributed by atoms with E-state index < -0.39 is 0 Å². The second-order valence-electron chi connectivity index (χ2n) is 9.14. The van der Waals surface area contributed by atoms with Crippen LogP contribution in [-0.4, -0.2) is 65.9 Å². The SMILES string of the molecule is CC(C)N1CCN(C(=O)OCc2ccccc2)CC1c1cc(N)n2ncc(-c3cnn(C)c3)c2n1. The molecular formula is C25H30N8O2. The summed E-state index contributed by atoms with van der Waals surface area (Å²) in [6.45, 7) is 6.31. The number of hydrogen-bond acceptors (Lipinski definition) is 7. The second-order valence-corrected chi connectivity index (χ2v) is 9.14. The first-order valence-electron chi connectivity index (χ1n) is 11.7. The number of carbonyl (C=O) groups is 1. The smallest absolute Gasteiger partial charge is 0.410 e. The Bertz CT molecular complexity index is 1330. The van der Waals surface area contributed by atoms with Gasteiger partial charge < -0.3 is 15.4 Å². The molecule has 1 amide bonds. The van der Waals surface area contributed by atoms with E-state index in [2.05, 4.69) is 28.9 Å². The summed E-state index contributed by atoms with van der Waals surface area (Å²) in [5.74, 6) is 0.493. The van der Waals surface area contributed by atoms with E-state index in [1.165, 1.54) is 0 Å². The molecule has 0 aliphatic carbocycles. The third-order valence-electron chi connectivity index (χ3n) is 6.42. The maximum absolute atomic E-state index is 12.9. The van der Waals surface area contributed by atoms with E-state index in [1.54, 1.807) is 26.5 Å². The lowest BCUT2D eigenvalue weighted by atomic mass is 10.1. The lowest BCUT2D eigenvalue weighted by Crippen LogP contribution is -2.52. The number of nitrogens with zero attached hydrogens (tertiary/aromatic N) is 7. The number of hydrogen-bond donors (Lipinski definition) is 1. The normalized spacial score (nSPS) is 16.8. The van der Waals surface area contributed by atoms with E-state index in [1.807, 2.05) is 49.6 Å². The molecule has 1 aliphatic heterocycles. The van der Waals surface area contributed by atoms with Crippen molar-refractivity contribution in [3.63, 3.8) is 0 Å². The Balaban J connectivity index is 1.43. The predicted octanol–water partition coefficient (Wildman–Crippen LogP) is 3.12. The molecule has 10 nitrogen and oxygen atoms in total. The van der Waals surface area contributed by atoms with Crippen molar-refractivity contribution < 1.29 is 9.53 Å². The summed E-state index contributed by atoms with van der Waals surface area (Å²) in [7, 11) is 1.87. The van der Waals surface area contributed by atoms with Crippen molar-refractivity contribution in [1.82, 2.24) is 34.2 Å². The Morgan fingerprint density at radius 2 is 1.97 bits per heavy atom. The van der Waals surface area contributed by atoms with Crippen LogP contribution < -0.4 is 5.73 Å². The zero-order valence-electron chi connectivity index (χ0n) is 20.2. The van der Waals surface area contributed by atoms with Crippen LogP contribution in [0.1, 0.15) is 31.1 Å². The molecule has 1 saturated heterocycles. The second kappa shape index (κ2) is 9.38. The lowest BCUT2D eigenvalue weighted by Gasteiger charge is -2.42. The van der Waals surface area contributed by atoms with Crippen molar-refractivity contribution in [3.05, 3.63) is 66.2 Å². The number of nitrogen functional groups attached to an aromatic ring is 1. The molecule has 35 heavy (non-hydrogen) atoms. The number of aromatic nitrogens is 5. The largest absolute Gasteiger partial charge is 0.445 e. The number of amides is 1. The Kier molecular flexibility index (Phi) is 6.12. The molecule has 1 atom stereocenters. The summed E-state index contributed by atoms with van der Waals surface area (Å²) in [6.07, 6.45) is 5.14. The molecule has 0 radical (unpaired) electrons. The highest BCUT2D eigenvalue weighted by Crippen LogP contribution is 2.31. The van der Waals surface area contributed by atoms with Gasteiger partial charge in [-0.15, -0.1) is 0 Å². The molecular weight excluding hydrogens is 444 g/mol. The van der Waals surface area contributed by atoms with Crippen LogP contribution in [0.5, 0.6) is 0 Å². The van der Waals surface area contributed by atoms with E-state index in [-0.39, 0.29) is 24.8 Å². The van der Waals surface area contributed by atoms with Crippen molar-refractivity contribution in [2.75, 3.05) is 25.4 Å². The number of aryl methyl sites for hydroxylation is 1. The van der Waals surface area contributed by atoms with Crippen LogP contribution in [0.15, 0.2) is 55.0 Å². The van der Waals surface area contributed by atoms with Gasteiger partial charge in [-0.3, -0.25) is 9.58 Å². The number of piperazine rings is 1. The van der Waals surface area contributed by atoms with Gasteiger partial charge in [-0.25, -0.2) is 9.78 Å². The predicted molar refractivity (Wildman–Crippen MR) is 132 cm³/mol. The molecule has 1 aliphatic rings. The molecule has 5 rings (SSSR count). The first kappa shape index (κ1) is 22.9. The maximum Gasteiger partial charge on any atom is 0.410 e. The zero-order chi connectivity index (χ0) is 24.5. The van der Waals surface area contributed by atoms with E-state index >= 15 is 0 Å². The van der Waals surface area contributed by atoms with Gasteiger partial charge in [0.1, 0.15) is 12.4 Å². The minimum atomic E-state index is -0.322. The Labute approximate surface area is 203 Å². The molecule has 182 valence electrons. The van der Waals surface area contributed by atoms with Crippen molar-refractivity contribution in [2.45, 2.75) is 32.5 Å². The van der Waals surface area contributed by atoms with Gasteiger partial charge in [-0.1, -0.05) is 30.3 Å². The first-order chi connectivity index (χ1) is 16.9. The summed E-state index contributed by atoms with van der Waals surface area (Å²) in [6, 6.07) is 11.7. The number of fused-ring (bicyclic) bond motifs is 1. The average molecular weight is 475 g/mol. The molecule has 4 aromatic rings. The van der Waals surface area contributed by atoms with E-state index in [9.17, 15) is 4.79 Å². The van der Waals surface area contributed by atoms with Gasteiger partial charge in [-0.05, 0) is 19.4 Å². The Morgan fingerprint density at radius 1 is 1.17 bits per heavy atom. The minimum Gasteiger partial charge on any atom is -0.445 e. The van der Waals surface area contributed by atoms with Gasteiger partial charge in [0.25, 0.3) is 0 Å². The fourth-order valence-corrected chi connectivity index (χ4v) is 4.60. The molecule has 0 spiro atoms.